The van der Waals surface area contributed by atoms with Gasteiger partial charge in [0.25, 0.3) is 6.71 Å². The van der Waals surface area contributed by atoms with Gasteiger partial charge in [-0.15, -0.1) is 11.3 Å². The highest BCUT2D eigenvalue weighted by Crippen LogP contribution is 2.56. The van der Waals surface area contributed by atoms with Crippen molar-refractivity contribution in [2.45, 2.75) is 187 Å². The molecule has 5 heteroatoms. The number of rotatable bonds is 5. The standard InChI is InChI=1S/C74H80BN3S/c1-68(2,3)48-24-26-50(27-25-48)78-63-38-45(36-46-20-17-18-23-52(46)47-21-19-22-49(39-47)76-16)37-62-65(63)75(67-66(78)53-41-56-59(44-64(53)79-67)74(14,15)35-32-71(56,8)9)60-42-57-58(73(12,13)34-33-72(57,10)11)43-61(60)77(62)51-28-29-54-55(40-51)70(6,7)31-30-69(54,4)5/h17-29,37-44H,30-36H2,1-15H3. The van der Waals surface area contributed by atoms with Crippen LogP contribution < -0.4 is 25.5 Å². The fourth-order valence-corrected chi connectivity index (χ4v) is 16.4. The van der Waals surface area contributed by atoms with Crippen LogP contribution in [-0.4, -0.2) is 6.71 Å². The number of hydrogen-bond acceptors (Lipinski definition) is 3. The molecule has 0 spiro atoms. The summed E-state index contributed by atoms with van der Waals surface area (Å²) >= 11 is 2.06. The minimum absolute atomic E-state index is 0.00337. The molecule has 1 aromatic heterocycles. The summed E-state index contributed by atoms with van der Waals surface area (Å²) in [6.07, 6.45) is 7.73. The van der Waals surface area contributed by atoms with E-state index in [1.807, 2.05) is 12.1 Å². The summed E-state index contributed by atoms with van der Waals surface area (Å²) in [4.78, 5) is 9.31. The Kier molecular flexibility index (Phi) is 11.4. The lowest BCUT2D eigenvalue weighted by molar-refractivity contribution is 0.332. The normalized spacial score (nSPS) is 19.3. The topological polar surface area (TPSA) is 10.8 Å². The van der Waals surface area contributed by atoms with Gasteiger partial charge in [0.05, 0.1) is 12.3 Å². The number of thiophene rings is 1. The molecule has 79 heavy (non-hydrogen) atoms. The number of hydrogen-bond donors (Lipinski definition) is 0. The van der Waals surface area contributed by atoms with E-state index in [9.17, 15) is 0 Å². The van der Waals surface area contributed by atoms with Crippen molar-refractivity contribution in [1.29, 1.82) is 0 Å². The monoisotopic (exact) mass is 1050 g/mol. The van der Waals surface area contributed by atoms with Gasteiger partial charge in [0.15, 0.2) is 5.69 Å². The molecule has 400 valence electrons. The molecular formula is C74H80BN3S. The van der Waals surface area contributed by atoms with Gasteiger partial charge >= 0.3 is 0 Å². The first-order valence-corrected chi connectivity index (χ1v) is 30.4. The number of anilines is 6. The van der Waals surface area contributed by atoms with E-state index in [-0.39, 0.29) is 44.6 Å². The average molecular weight is 1050 g/mol. The van der Waals surface area contributed by atoms with E-state index in [2.05, 4.69) is 245 Å². The second-order valence-electron chi connectivity index (χ2n) is 29.6. The largest absolute Gasteiger partial charge is 0.311 e. The molecule has 0 saturated heterocycles. The van der Waals surface area contributed by atoms with Gasteiger partial charge in [-0.2, -0.15) is 0 Å². The Bertz CT molecular complexity index is 3900. The average Bonchev–Trinajstić information content (AvgIpc) is 2.87. The summed E-state index contributed by atoms with van der Waals surface area (Å²) in [5.41, 5.74) is 26.5. The third kappa shape index (κ3) is 8.14. The zero-order valence-electron chi connectivity index (χ0n) is 49.9. The predicted octanol–water partition coefficient (Wildman–Crippen LogP) is 19.1. The summed E-state index contributed by atoms with van der Waals surface area (Å²) in [7, 11) is 0. The minimum atomic E-state index is 0.00337. The zero-order valence-corrected chi connectivity index (χ0v) is 50.7. The molecule has 2 aliphatic heterocycles. The van der Waals surface area contributed by atoms with Gasteiger partial charge in [-0.25, -0.2) is 4.85 Å². The Labute approximate surface area is 477 Å². The molecule has 7 aromatic carbocycles. The Morgan fingerprint density at radius 3 is 1.68 bits per heavy atom. The highest BCUT2D eigenvalue weighted by atomic mass is 32.1. The lowest BCUT2D eigenvalue weighted by Gasteiger charge is -2.47. The number of nitrogens with zero attached hydrogens (tertiary/aromatic N) is 3. The first-order chi connectivity index (χ1) is 37.2. The van der Waals surface area contributed by atoms with Crippen LogP contribution in [0.25, 0.3) is 26.1 Å². The Morgan fingerprint density at radius 2 is 1.06 bits per heavy atom. The van der Waals surface area contributed by atoms with Gasteiger partial charge in [-0.1, -0.05) is 171 Å². The van der Waals surface area contributed by atoms with Gasteiger partial charge in [0.1, 0.15) is 0 Å². The molecule has 0 saturated carbocycles. The van der Waals surface area contributed by atoms with Crippen LogP contribution >= 0.6 is 11.3 Å². The lowest BCUT2D eigenvalue weighted by atomic mass is 9.35. The number of benzene rings is 7. The predicted molar refractivity (Wildman–Crippen MR) is 341 cm³/mol. The molecule has 0 bridgehead atoms. The van der Waals surface area contributed by atoms with E-state index in [1.165, 1.54) is 135 Å². The minimum Gasteiger partial charge on any atom is -0.311 e. The zero-order chi connectivity index (χ0) is 55.7. The van der Waals surface area contributed by atoms with Crippen LogP contribution in [0.15, 0.2) is 127 Å². The summed E-state index contributed by atoms with van der Waals surface area (Å²) in [5, 5.41) is 1.37. The fourth-order valence-electron chi connectivity index (χ4n) is 15.1. The molecule has 13 rings (SSSR count). The van der Waals surface area contributed by atoms with Crippen molar-refractivity contribution in [2.24, 2.45) is 0 Å². The van der Waals surface area contributed by atoms with E-state index < -0.39 is 0 Å². The maximum atomic E-state index is 7.94. The summed E-state index contributed by atoms with van der Waals surface area (Å²) in [6.45, 7) is 44.7. The van der Waals surface area contributed by atoms with Crippen LogP contribution in [0.3, 0.4) is 0 Å². The molecule has 0 fully saturated rings. The van der Waals surface area contributed by atoms with Crippen molar-refractivity contribution in [3.63, 3.8) is 0 Å². The molecule has 8 aromatic rings. The molecule has 3 heterocycles. The molecule has 0 amide bonds. The van der Waals surface area contributed by atoms with Crippen LogP contribution in [0.2, 0.25) is 0 Å². The molecule has 0 radical (unpaired) electrons. The van der Waals surface area contributed by atoms with E-state index in [4.69, 9.17) is 6.57 Å². The maximum Gasteiger partial charge on any atom is 0.264 e. The first kappa shape index (κ1) is 52.1. The molecule has 0 N–H and O–H groups in total. The van der Waals surface area contributed by atoms with Crippen molar-refractivity contribution in [3.8, 4) is 11.1 Å². The van der Waals surface area contributed by atoms with Crippen LogP contribution in [-0.2, 0) is 44.3 Å². The van der Waals surface area contributed by atoms with Gasteiger partial charge in [-0.3, -0.25) is 0 Å². The van der Waals surface area contributed by atoms with Gasteiger partial charge in [-0.05, 0) is 216 Å². The number of fused-ring (bicyclic) bond motifs is 9. The lowest BCUT2D eigenvalue weighted by Crippen LogP contribution is -2.61. The van der Waals surface area contributed by atoms with Crippen molar-refractivity contribution >= 4 is 83.6 Å². The molecule has 3 nitrogen and oxygen atoms in total. The highest BCUT2D eigenvalue weighted by molar-refractivity contribution is 7.33. The van der Waals surface area contributed by atoms with Gasteiger partial charge in [0, 0.05) is 43.3 Å². The fraction of sp³-hybridized carbons (Fsp3) is 0.392. The molecule has 0 unspecified atom stereocenters. The molecule has 3 aliphatic carbocycles. The summed E-state index contributed by atoms with van der Waals surface area (Å²) in [6, 6.07) is 50.2. The Morgan fingerprint density at radius 1 is 0.519 bits per heavy atom. The van der Waals surface area contributed by atoms with E-state index in [0.717, 1.165) is 31.2 Å². The van der Waals surface area contributed by atoms with Crippen molar-refractivity contribution in [2.75, 3.05) is 9.80 Å². The second-order valence-corrected chi connectivity index (χ2v) is 30.7. The van der Waals surface area contributed by atoms with Gasteiger partial charge < -0.3 is 9.80 Å². The van der Waals surface area contributed by atoms with E-state index in [1.54, 1.807) is 0 Å². The smallest absolute Gasteiger partial charge is 0.264 e. The third-order valence-electron chi connectivity index (χ3n) is 20.5. The SMILES string of the molecule is [C-]#[N+]c1cccc(-c2ccccc2Cc2cc3c4c(c2)N(c2ccc(C(C)(C)C)cc2)c2c(sc5cc6c(cc25)C(C)(C)CCC6(C)C)B4c2cc4c(cc2N3c2ccc3c(c2)C(C)(C)CCC3(C)C)C(C)(C)CCC4(C)C)c1. The maximum absolute atomic E-state index is 7.94. The van der Waals surface area contributed by atoms with Crippen molar-refractivity contribution in [1.82, 2.24) is 0 Å². The molecular weight excluding hydrogens is 974 g/mol. The third-order valence-corrected chi connectivity index (χ3v) is 21.7. The molecule has 5 aliphatic rings. The van der Waals surface area contributed by atoms with Crippen LogP contribution in [0, 0.1) is 6.57 Å². The van der Waals surface area contributed by atoms with Crippen molar-refractivity contribution < 1.29 is 0 Å². The van der Waals surface area contributed by atoms with Crippen LogP contribution in [0.5, 0.6) is 0 Å². The Hall–Kier alpha value is -6.35. The van der Waals surface area contributed by atoms with E-state index >= 15 is 0 Å². The highest BCUT2D eigenvalue weighted by Gasteiger charge is 2.49. The van der Waals surface area contributed by atoms with Crippen LogP contribution in [0.1, 0.15) is 192 Å². The second kappa shape index (κ2) is 17.3. The molecule has 0 atom stereocenters. The van der Waals surface area contributed by atoms with Crippen molar-refractivity contribution in [3.05, 3.63) is 189 Å². The Balaban J connectivity index is 1.17. The van der Waals surface area contributed by atoms with Crippen LogP contribution in [0.4, 0.5) is 39.8 Å². The van der Waals surface area contributed by atoms with E-state index in [0.29, 0.717) is 5.69 Å². The quantitative estimate of drug-likeness (QED) is 0.126. The van der Waals surface area contributed by atoms with Gasteiger partial charge in [0.2, 0.25) is 0 Å². The summed E-state index contributed by atoms with van der Waals surface area (Å²) < 4.78 is 2.83. The first-order valence-electron chi connectivity index (χ1n) is 29.6. The summed E-state index contributed by atoms with van der Waals surface area (Å²) in [5.74, 6) is 0.